The third kappa shape index (κ3) is 8.59. The van der Waals surface area contributed by atoms with Crippen LogP contribution < -0.4 is 15.4 Å². The molecule has 2 N–H and O–H groups in total. The zero-order chi connectivity index (χ0) is 26.9. The van der Waals surface area contributed by atoms with Gasteiger partial charge in [0.15, 0.2) is 0 Å². The summed E-state index contributed by atoms with van der Waals surface area (Å²) < 4.78 is 10.5. The van der Waals surface area contributed by atoms with Gasteiger partial charge < -0.3 is 25.0 Å². The average molecular weight is 498 g/mol. The Kier molecular flexibility index (Phi) is 10.3. The first-order valence-corrected chi connectivity index (χ1v) is 12.2. The van der Waals surface area contributed by atoms with Gasteiger partial charge in [0.25, 0.3) is 5.91 Å². The van der Waals surface area contributed by atoms with Crippen LogP contribution in [-0.4, -0.2) is 48.6 Å². The van der Waals surface area contributed by atoms with Crippen LogP contribution in [0.1, 0.15) is 63.3 Å². The monoisotopic (exact) mass is 497 g/mol. The van der Waals surface area contributed by atoms with Crippen LogP contribution in [0.3, 0.4) is 0 Å². The molecule has 0 heterocycles. The number of methoxy groups -OCH3 is 1. The van der Waals surface area contributed by atoms with Gasteiger partial charge in [-0.25, -0.2) is 4.79 Å². The quantitative estimate of drug-likeness (QED) is 0.473. The molecule has 2 aromatic rings. The number of amides is 3. The van der Waals surface area contributed by atoms with Crippen LogP contribution in [0.4, 0.5) is 10.5 Å². The van der Waals surface area contributed by atoms with Gasteiger partial charge in [0.1, 0.15) is 23.9 Å². The first kappa shape index (κ1) is 28.7. The lowest BCUT2D eigenvalue weighted by molar-refractivity contribution is -0.138. The molecule has 0 aliphatic heterocycles. The van der Waals surface area contributed by atoms with Crippen LogP contribution >= 0.6 is 0 Å². The summed E-state index contributed by atoms with van der Waals surface area (Å²) >= 11 is 0. The molecule has 1 atom stereocenters. The summed E-state index contributed by atoms with van der Waals surface area (Å²) in [6.45, 7) is 11.3. The number of rotatable bonds is 10. The second kappa shape index (κ2) is 13.0. The zero-order valence-electron chi connectivity index (χ0n) is 22.4. The van der Waals surface area contributed by atoms with Crippen LogP contribution in [0.5, 0.6) is 5.75 Å². The molecule has 196 valence electrons. The van der Waals surface area contributed by atoms with Gasteiger partial charge in [0.05, 0.1) is 7.11 Å². The molecular weight excluding hydrogens is 458 g/mol. The Balaban J connectivity index is 2.38. The van der Waals surface area contributed by atoms with E-state index >= 15 is 0 Å². The maximum atomic E-state index is 13.7. The van der Waals surface area contributed by atoms with Crippen LogP contribution in [0, 0.1) is 13.8 Å². The van der Waals surface area contributed by atoms with Gasteiger partial charge in [-0.3, -0.25) is 9.59 Å². The minimum Gasteiger partial charge on any atom is -0.497 e. The number of unbranched alkanes of at least 4 members (excludes halogenated alkanes) is 1. The Morgan fingerprint density at radius 1 is 1.03 bits per heavy atom. The molecular formula is C28H39N3O5. The Labute approximate surface area is 214 Å². The van der Waals surface area contributed by atoms with Crippen molar-refractivity contribution in [2.45, 2.75) is 66.0 Å². The van der Waals surface area contributed by atoms with Crippen LogP contribution in [0.2, 0.25) is 0 Å². The number of alkyl carbamates (subject to hydrolysis) is 1. The van der Waals surface area contributed by atoms with E-state index in [-0.39, 0.29) is 18.4 Å². The van der Waals surface area contributed by atoms with Crippen molar-refractivity contribution in [2.24, 2.45) is 0 Å². The van der Waals surface area contributed by atoms with E-state index < -0.39 is 17.7 Å². The van der Waals surface area contributed by atoms with Crippen LogP contribution in [-0.2, 0) is 14.3 Å². The standard InChI is InChI=1S/C28H39N3O5/c1-8-9-16-31(24(32)18-29-27(34)36-28(4,5)6)25(23-15-10-19(2)17-20(23)3)26(33)30-21-11-13-22(35-7)14-12-21/h10-15,17,25H,8-9,16,18H2,1-7H3,(H,29,34)(H,30,33). The largest absolute Gasteiger partial charge is 0.497 e. The third-order valence-corrected chi connectivity index (χ3v) is 5.49. The van der Waals surface area contributed by atoms with E-state index in [1.54, 1.807) is 52.1 Å². The predicted molar refractivity (Wildman–Crippen MR) is 141 cm³/mol. The fraction of sp³-hybridized carbons (Fsp3) is 0.464. The summed E-state index contributed by atoms with van der Waals surface area (Å²) in [5, 5.41) is 5.47. The van der Waals surface area contributed by atoms with Gasteiger partial charge in [-0.15, -0.1) is 0 Å². The van der Waals surface area contributed by atoms with Gasteiger partial charge in [0, 0.05) is 12.2 Å². The third-order valence-electron chi connectivity index (χ3n) is 5.49. The minimum absolute atomic E-state index is 0.282. The summed E-state index contributed by atoms with van der Waals surface area (Å²) in [7, 11) is 1.58. The maximum absolute atomic E-state index is 13.7. The number of carbonyl (C=O) groups excluding carboxylic acids is 3. The van der Waals surface area contributed by atoms with E-state index in [1.165, 1.54) is 4.90 Å². The lowest BCUT2D eigenvalue weighted by atomic mass is 9.96. The first-order chi connectivity index (χ1) is 16.9. The molecule has 0 radical (unpaired) electrons. The molecule has 2 rings (SSSR count). The molecule has 8 nitrogen and oxygen atoms in total. The Bertz CT molecular complexity index is 1040. The highest BCUT2D eigenvalue weighted by molar-refractivity contribution is 5.98. The van der Waals surface area contributed by atoms with Crippen molar-refractivity contribution in [1.82, 2.24) is 10.2 Å². The molecule has 0 saturated carbocycles. The lowest BCUT2D eigenvalue weighted by Crippen LogP contribution is -2.47. The Morgan fingerprint density at radius 3 is 2.25 bits per heavy atom. The highest BCUT2D eigenvalue weighted by Gasteiger charge is 2.32. The number of ether oxygens (including phenoxy) is 2. The average Bonchev–Trinajstić information content (AvgIpc) is 2.80. The highest BCUT2D eigenvalue weighted by Crippen LogP contribution is 2.28. The molecule has 0 aliphatic rings. The number of anilines is 1. The first-order valence-electron chi connectivity index (χ1n) is 12.2. The minimum atomic E-state index is -0.882. The lowest BCUT2D eigenvalue weighted by Gasteiger charge is -2.32. The second-order valence-electron chi connectivity index (χ2n) is 9.78. The topological polar surface area (TPSA) is 97.0 Å². The number of aryl methyl sites for hydroxylation is 2. The summed E-state index contributed by atoms with van der Waals surface area (Å²) in [5.41, 5.74) is 2.59. The fourth-order valence-corrected chi connectivity index (χ4v) is 3.76. The summed E-state index contributed by atoms with van der Waals surface area (Å²) in [6, 6.07) is 11.9. The van der Waals surface area contributed by atoms with Crippen molar-refractivity contribution in [3.05, 3.63) is 59.2 Å². The molecule has 1 unspecified atom stereocenters. The van der Waals surface area contributed by atoms with Crippen molar-refractivity contribution in [2.75, 3.05) is 25.5 Å². The van der Waals surface area contributed by atoms with E-state index in [1.807, 2.05) is 39.0 Å². The number of nitrogens with one attached hydrogen (secondary N) is 2. The van der Waals surface area contributed by atoms with E-state index in [0.29, 0.717) is 24.4 Å². The Morgan fingerprint density at radius 2 is 1.69 bits per heavy atom. The molecule has 3 amide bonds. The summed E-state index contributed by atoms with van der Waals surface area (Å²) in [6.07, 6.45) is 0.857. The summed E-state index contributed by atoms with van der Waals surface area (Å²) in [5.74, 6) is -0.0371. The smallest absolute Gasteiger partial charge is 0.408 e. The van der Waals surface area contributed by atoms with Gasteiger partial charge >= 0.3 is 6.09 Å². The fourth-order valence-electron chi connectivity index (χ4n) is 3.76. The molecule has 0 spiro atoms. The molecule has 0 fully saturated rings. The number of nitrogens with zero attached hydrogens (tertiary/aromatic N) is 1. The van der Waals surface area contributed by atoms with E-state index in [4.69, 9.17) is 9.47 Å². The molecule has 0 bridgehead atoms. The maximum Gasteiger partial charge on any atom is 0.408 e. The second-order valence-corrected chi connectivity index (χ2v) is 9.78. The van der Waals surface area contributed by atoms with Crippen LogP contribution in [0.15, 0.2) is 42.5 Å². The van der Waals surface area contributed by atoms with Crippen molar-refractivity contribution >= 4 is 23.6 Å². The van der Waals surface area contributed by atoms with E-state index in [0.717, 1.165) is 23.1 Å². The number of carbonyl (C=O) groups is 3. The Hall–Kier alpha value is -3.55. The van der Waals surface area contributed by atoms with Gasteiger partial charge in [-0.05, 0) is 76.4 Å². The highest BCUT2D eigenvalue weighted by atomic mass is 16.6. The molecule has 36 heavy (non-hydrogen) atoms. The predicted octanol–water partition coefficient (Wildman–Crippen LogP) is 5.15. The van der Waals surface area contributed by atoms with Crippen molar-refractivity contribution in [3.8, 4) is 5.75 Å². The van der Waals surface area contributed by atoms with Gasteiger partial charge in [-0.1, -0.05) is 37.1 Å². The molecule has 0 aliphatic carbocycles. The molecule has 8 heteroatoms. The molecule has 0 aromatic heterocycles. The van der Waals surface area contributed by atoms with E-state index in [2.05, 4.69) is 10.6 Å². The van der Waals surface area contributed by atoms with Gasteiger partial charge in [-0.2, -0.15) is 0 Å². The van der Waals surface area contributed by atoms with E-state index in [9.17, 15) is 14.4 Å². The van der Waals surface area contributed by atoms with Crippen molar-refractivity contribution in [3.63, 3.8) is 0 Å². The summed E-state index contributed by atoms with van der Waals surface area (Å²) in [4.78, 5) is 40.8. The van der Waals surface area contributed by atoms with Crippen LogP contribution in [0.25, 0.3) is 0 Å². The molecule has 0 saturated heterocycles. The van der Waals surface area contributed by atoms with Gasteiger partial charge in [0.2, 0.25) is 5.91 Å². The number of hydrogen-bond donors (Lipinski definition) is 2. The van der Waals surface area contributed by atoms with Crippen molar-refractivity contribution < 1.29 is 23.9 Å². The SMILES string of the molecule is CCCCN(C(=O)CNC(=O)OC(C)(C)C)C(C(=O)Nc1ccc(OC)cc1)c1ccc(C)cc1C. The zero-order valence-corrected chi connectivity index (χ0v) is 22.4. The number of benzene rings is 2. The normalized spacial score (nSPS) is 11.9. The molecule has 2 aromatic carbocycles. The number of hydrogen-bond acceptors (Lipinski definition) is 5. The van der Waals surface area contributed by atoms with Crippen molar-refractivity contribution in [1.29, 1.82) is 0 Å².